The Hall–Kier alpha value is -1.13. The Morgan fingerprint density at radius 3 is 2.88 bits per heavy atom. The first-order valence-electron chi connectivity index (χ1n) is 6.02. The molecule has 0 radical (unpaired) electrons. The van der Waals surface area contributed by atoms with Gasteiger partial charge in [-0.25, -0.2) is 0 Å². The van der Waals surface area contributed by atoms with Gasteiger partial charge in [-0.1, -0.05) is 13.8 Å². The Morgan fingerprint density at radius 1 is 1.35 bits per heavy atom. The largest absolute Gasteiger partial charge is 0.493 e. The first kappa shape index (κ1) is 13.9. The molecule has 0 aliphatic heterocycles. The number of nitrogens with zero attached hydrogens (tertiary/aromatic N) is 1. The molecule has 0 amide bonds. The summed E-state index contributed by atoms with van der Waals surface area (Å²) in [7, 11) is 1.70. The Bertz CT molecular complexity index is 316. The highest BCUT2D eigenvalue weighted by molar-refractivity contribution is 5.29. The fourth-order valence-corrected chi connectivity index (χ4v) is 1.39. The van der Waals surface area contributed by atoms with Crippen LogP contribution in [0.2, 0.25) is 0 Å². The molecule has 0 spiro atoms. The third kappa shape index (κ3) is 5.65. The highest BCUT2D eigenvalue weighted by Crippen LogP contribution is 2.16. The van der Waals surface area contributed by atoms with Gasteiger partial charge < -0.3 is 14.8 Å². The van der Waals surface area contributed by atoms with Crippen LogP contribution in [0, 0.1) is 0 Å². The van der Waals surface area contributed by atoms with Crippen LogP contribution in [0.1, 0.15) is 25.8 Å². The first-order chi connectivity index (χ1) is 8.24. The van der Waals surface area contributed by atoms with E-state index in [2.05, 4.69) is 24.1 Å². The minimum atomic E-state index is 0.455. The maximum Gasteiger partial charge on any atom is 0.126 e. The SMILES string of the molecule is COCCCOc1ccncc1CNC(C)C. The lowest BCUT2D eigenvalue weighted by Crippen LogP contribution is -2.22. The number of rotatable bonds is 8. The third-order valence-electron chi connectivity index (χ3n) is 2.31. The van der Waals surface area contributed by atoms with Gasteiger partial charge in [0.2, 0.25) is 0 Å². The van der Waals surface area contributed by atoms with Gasteiger partial charge in [0.15, 0.2) is 0 Å². The summed E-state index contributed by atoms with van der Waals surface area (Å²) in [6.07, 6.45) is 4.50. The van der Waals surface area contributed by atoms with Gasteiger partial charge in [0, 0.05) is 50.7 Å². The van der Waals surface area contributed by atoms with E-state index < -0.39 is 0 Å². The van der Waals surface area contributed by atoms with Crippen LogP contribution >= 0.6 is 0 Å². The van der Waals surface area contributed by atoms with Crippen molar-refractivity contribution in [3.8, 4) is 5.75 Å². The summed E-state index contributed by atoms with van der Waals surface area (Å²) in [6, 6.07) is 2.36. The van der Waals surface area contributed by atoms with E-state index in [4.69, 9.17) is 9.47 Å². The second kappa shape index (κ2) is 8.03. The molecule has 1 aromatic rings. The highest BCUT2D eigenvalue weighted by Gasteiger charge is 2.04. The molecule has 0 fully saturated rings. The maximum absolute atomic E-state index is 5.71. The van der Waals surface area contributed by atoms with Crippen molar-refractivity contribution in [2.24, 2.45) is 0 Å². The van der Waals surface area contributed by atoms with Crippen molar-refractivity contribution < 1.29 is 9.47 Å². The molecule has 0 saturated heterocycles. The number of methoxy groups -OCH3 is 1. The summed E-state index contributed by atoms with van der Waals surface area (Å²) in [5.41, 5.74) is 1.10. The fraction of sp³-hybridized carbons (Fsp3) is 0.615. The van der Waals surface area contributed by atoms with Crippen LogP contribution in [0.15, 0.2) is 18.5 Å². The summed E-state index contributed by atoms with van der Waals surface area (Å²) in [5.74, 6) is 0.907. The van der Waals surface area contributed by atoms with Crippen LogP contribution in [0.25, 0.3) is 0 Å². The van der Waals surface area contributed by atoms with Crippen molar-refractivity contribution in [2.75, 3.05) is 20.3 Å². The molecule has 1 aromatic heterocycles. The van der Waals surface area contributed by atoms with Crippen molar-refractivity contribution in [3.63, 3.8) is 0 Å². The Kier molecular flexibility index (Phi) is 6.58. The number of aromatic nitrogens is 1. The number of hydrogen-bond acceptors (Lipinski definition) is 4. The van der Waals surface area contributed by atoms with Crippen molar-refractivity contribution in [3.05, 3.63) is 24.0 Å². The standard InChI is InChI=1S/C13H22N2O2/c1-11(2)15-10-12-9-14-6-5-13(12)17-8-4-7-16-3/h5-6,9,11,15H,4,7-8,10H2,1-3H3. The summed E-state index contributed by atoms with van der Waals surface area (Å²) in [6.45, 7) is 6.42. The second-order valence-corrected chi connectivity index (χ2v) is 4.21. The molecule has 0 aliphatic carbocycles. The van der Waals surface area contributed by atoms with E-state index in [1.54, 1.807) is 13.3 Å². The lowest BCUT2D eigenvalue weighted by Gasteiger charge is -2.13. The predicted octanol–water partition coefficient (Wildman–Crippen LogP) is 1.99. The van der Waals surface area contributed by atoms with Crippen molar-refractivity contribution in [2.45, 2.75) is 32.9 Å². The monoisotopic (exact) mass is 238 g/mol. The summed E-state index contributed by atoms with van der Waals surface area (Å²) >= 11 is 0. The average molecular weight is 238 g/mol. The Morgan fingerprint density at radius 2 is 2.18 bits per heavy atom. The number of pyridine rings is 1. The number of ether oxygens (including phenoxy) is 2. The predicted molar refractivity (Wildman–Crippen MR) is 68.2 cm³/mol. The minimum absolute atomic E-state index is 0.455. The smallest absolute Gasteiger partial charge is 0.126 e. The maximum atomic E-state index is 5.71. The molecule has 1 rings (SSSR count). The quantitative estimate of drug-likeness (QED) is 0.703. The van der Waals surface area contributed by atoms with Crippen molar-refractivity contribution in [1.29, 1.82) is 0 Å². The van der Waals surface area contributed by atoms with Crippen LogP contribution in [-0.4, -0.2) is 31.3 Å². The normalized spacial score (nSPS) is 10.8. The van der Waals surface area contributed by atoms with Gasteiger partial charge in [0.25, 0.3) is 0 Å². The van der Waals surface area contributed by atoms with E-state index in [0.717, 1.165) is 30.9 Å². The van der Waals surface area contributed by atoms with Crippen LogP contribution in [0.4, 0.5) is 0 Å². The molecule has 0 aliphatic rings. The molecule has 96 valence electrons. The lowest BCUT2D eigenvalue weighted by atomic mass is 10.2. The Labute approximate surface area is 103 Å². The molecule has 0 bridgehead atoms. The lowest BCUT2D eigenvalue weighted by molar-refractivity contribution is 0.171. The van der Waals surface area contributed by atoms with E-state index in [1.165, 1.54) is 0 Å². The van der Waals surface area contributed by atoms with Crippen molar-refractivity contribution >= 4 is 0 Å². The number of nitrogens with one attached hydrogen (secondary N) is 1. The second-order valence-electron chi connectivity index (χ2n) is 4.21. The number of hydrogen-bond donors (Lipinski definition) is 1. The molecule has 0 unspecified atom stereocenters. The van der Waals surface area contributed by atoms with Crippen LogP contribution in [0.3, 0.4) is 0 Å². The van der Waals surface area contributed by atoms with Crippen molar-refractivity contribution in [1.82, 2.24) is 10.3 Å². The topological polar surface area (TPSA) is 43.4 Å². The van der Waals surface area contributed by atoms with Crippen LogP contribution in [-0.2, 0) is 11.3 Å². The summed E-state index contributed by atoms with van der Waals surface area (Å²) < 4.78 is 10.7. The first-order valence-corrected chi connectivity index (χ1v) is 6.02. The molecule has 4 nitrogen and oxygen atoms in total. The van der Waals surface area contributed by atoms with E-state index in [1.807, 2.05) is 12.3 Å². The zero-order chi connectivity index (χ0) is 12.5. The van der Waals surface area contributed by atoms with E-state index in [-0.39, 0.29) is 0 Å². The van der Waals surface area contributed by atoms with E-state index in [0.29, 0.717) is 12.6 Å². The molecular formula is C13H22N2O2. The van der Waals surface area contributed by atoms with Crippen LogP contribution in [0.5, 0.6) is 5.75 Å². The minimum Gasteiger partial charge on any atom is -0.493 e. The summed E-state index contributed by atoms with van der Waals surface area (Å²) in [5, 5.41) is 3.36. The molecule has 4 heteroatoms. The summed E-state index contributed by atoms with van der Waals surface area (Å²) in [4.78, 5) is 4.12. The van der Waals surface area contributed by atoms with E-state index >= 15 is 0 Å². The zero-order valence-electron chi connectivity index (χ0n) is 10.9. The molecule has 0 aromatic carbocycles. The average Bonchev–Trinajstić information content (AvgIpc) is 2.33. The zero-order valence-corrected chi connectivity index (χ0v) is 10.9. The molecule has 1 heterocycles. The molecule has 0 saturated carbocycles. The highest BCUT2D eigenvalue weighted by atomic mass is 16.5. The van der Waals surface area contributed by atoms with Gasteiger partial charge in [-0.15, -0.1) is 0 Å². The van der Waals surface area contributed by atoms with Gasteiger partial charge in [-0.2, -0.15) is 0 Å². The van der Waals surface area contributed by atoms with Crippen LogP contribution < -0.4 is 10.1 Å². The van der Waals surface area contributed by atoms with Gasteiger partial charge in [0.1, 0.15) is 5.75 Å². The fourth-order valence-electron chi connectivity index (χ4n) is 1.39. The van der Waals surface area contributed by atoms with Gasteiger partial charge in [-0.05, 0) is 6.07 Å². The molecule has 0 atom stereocenters. The van der Waals surface area contributed by atoms with Gasteiger partial charge >= 0.3 is 0 Å². The van der Waals surface area contributed by atoms with Gasteiger partial charge in [-0.3, -0.25) is 4.98 Å². The molecular weight excluding hydrogens is 216 g/mol. The Balaban J connectivity index is 2.46. The molecule has 1 N–H and O–H groups in total. The molecule has 17 heavy (non-hydrogen) atoms. The van der Waals surface area contributed by atoms with Gasteiger partial charge in [0.05, 0.1) is 6.61 Å². The van der Waals surface area contributed by atoms with E-state index in [9.17, 15) is 0 Å². The third-order valence-corrected chi connectivity index (χ3v) is 2.31.